The van der Waals surface area contributed by atoms with Gasteiger partial charge in [-0.25, -0.2) is 0 Å². The predicted octanol–water partition coefficient (Wildman–Crippen LogP) is 4.52. The third kappa shape index (κ3) is 3.10. The lowest BCUT2D eigenvalue weighted by atomic mass is 9.84. The summed E-state index contributed by atoms with van der Waals surface area (Å²) in [5.41, 5.74) is 4.59. The SMILES string of the molecule is Cc1cccc(C2(c3cccc(C)c3)C[C@@H]2C(=O)NC(C)(C)C)c1. The molecule has 1 aliphatic carbocycles. The number of carbonyl (C=O) groups is 1. The number of aryl methyl sites for hydroxylation is 2. The molecule has 0 unspecified atom stereocenters. The maximum Gasteiger partial charge on any atom is 0.224 e. The Bertz CT molecular complexity index is 724. The third-order valence-corrected chi connectivity index (χ3v) is 4.84. The van der Waals surface area contributed by atoms with Crippen molar-refractivity contribution in [3.63, 3.8) is 0 Å². The first-order valence-corrected chi connectivity index (χ1v) is 8.69. The lowest BCUT2D eigenvalue weighted by Crippen LogP contribution is -2.42. The van der Waals surface area contributed by atoms with E-state index < -0.39 is 0 Å². The fourth-order valence-electron chi connectivity index (χ4n) is 3.69. The second-order valence-electron chi connectivity index (χ2n) is 8.21. The number of carbonyl (C=O) groups excluding carboxylic acids is 1. The highest BCUT2D eigenvalue weighted by atomic mass is 16.2. The van der Waals surface area contributed by atoms with Crippen molar-refractivity contribution in [3.05, 3.63) is 70.8 Å². The first-order valence-electron chi connectivity index (χ1n) is 8.69. The van der Waals surface area contributed by atoms with Crippen LogP contribution in [0.15, 0.2) is 48.5 Å². The van der Waals surface area contributed by atoms with Crippen LogP contribution in [0.5, 0.6) is 0 Å². The van der Waals surface area contributed by atoms with Crippen molar-refractivity contribution >= 4 is 5.91 Å². The Labute approximate surface area is 145 Å². The number of hydrogen-bond acceptors (Lipinski definition) is 1. The molecule has 2 nitrogen and oxygen atoms in total. The summed E-state index contributed by atoms with van der Waals surface area (Å²) in [4.78, 5) is 12.8. The average Bonchev–Trinajstić information content (AvgIpc) is 3.22. The van der Waals surface area contributed by atoms with Gasteiger partial charge >= 0.3 is 0 Å². The Morgan fingerprint density at radius 2 is 1.50 bits per heavy atom. The highest BCUT2D eigenvalue weighted by Crippen LogP contribution is 2.59. The molecular formula is C22H27NO. The van der Waals surface area contributed by atoms with Gasteiger partial charge in [0.25, 0.3) is 0 Å². The van der Waals surface area contributed by atoms with Gasteiger partial charge in [-0.05, 0) is 52.2 Å². The molecular weight excluding hydrogens is 294 g/mol. The maximum absolute atomic E-state index is 12.8. The molecule has 126 valence electrons. The molecule has 1 fully saturated rings. The van der Waals surface area contributed by atoms with Crippen LogP contribution < -0.4 is 5.32 Å². The number of amides is 1. The van der Waals surface area contributed by atoms with Crippen LogP contribution in [-0.2, 0) is 10.2 Å². The first kappa shape index (κ1) is 16.8. The van der Waals surface area contributed by atoms with Gasteiger partial charge in [-0.3, -0.25) is 4.79 Å². The highest BCUT2D eigenvalue weighted by molar-refractivity contribution is 5.86. The van der Waals surface area contributed by atoms with Crippen LogP contribution in [0.1, 0.15) is 49.4 Å². The van der Waals surface area contributed by atoms with Crippen molar-refractivity contribution in [2.45, 2.75) is 52.0 Å². The van der Waals surface area contributed by atoms with Gasteiger partial charge in [0.2, 0.25) is 5.91 Å². The minimum atomic E-state index is -0.204. The monoisotopic (exact) mass is 321 g/mol. The number of rotatable bonds is 3. The van der Waals surface area contributed by atoms with Crippen LogP contribution in [0.3, 0.4) is 0 Å². The van der Waals surface area contributed by atoms with Gasteiger partial charge in [-0.1, -0.05) is 59.7 Å². The van der Waals surface area contributed by atoms with Gasteiger partial charge < -0.3 is 5.32 Å². The quantitative estimate of drug-likeness (QED) is 0.884. The Morgan fingerprint density at radius 1 is 1.00 bits per heavy atom. The van der Waals surface area contributed by atoms with E-state index in [0.717, 1.165) is 6.42 Å². The number of benzene rings is 2. The molecule has 0 aromatic heterocycles. The average molecular weight is 321 g/mol. The Morgan fingerprint density at radius 3 is 1.92 bits per heavy atom. The fraction of sp³-hybridized carbons (Fsp3) is 0.409. The van der Waals surface area contributed by atoms with E-state index in [1.54, 1.807) is 0 Å². The third-order valence-electron chi connectivity index (χ3n) is 4.84. The zero-order valence-corrected chi connectivity index (χ0v) is 15.3. The molecule has 2 heteroatoms. The van der Waals surface area contributed by atoms with Gasteiger partial charge in [0.05, 0.1) is 5.92 Å². The lowest BCUT2D eigenvalue weighted by Gasteiger charge is -2.24. The molecule has 24 heavy (non-hydrogen) atoms. The van der Waals surface area contributed by atoms with Crippen LogP contribution in [0.2, 0.25) is 0 Å². The van der Waals surface area contributed by atoms with Crippen molar-refractivity contribution in [3.8, 4) is 0 Å². The summed E-state index contributed by atoms with van der Waals surface area (Å²) in [6.07, 6.45) is 0.877. The molecule has 0 aliphatic heterocycles. The molecule has 0 spiro atoms. The number of hydrogen-bond donors (Lipinski definition) is 1. The summed E-state index contributed by atoms with van der Waals surface area (Å²) in [5.74, 6) is 0.158. The molecule has 3 rings (SSSR count). The molecule has 0 saturated heterocycles. The molecule has 1 amide bonds. The highest BCUT2D eigenvalue weighted by Gasteiger charge is 2.60. The van der Waals surface area contributed by atoms with Crippen molar-refractivity contribution in [2.24, 2.45) is 5.92 Å². The smallest absolute Gasteiger partial charge is 0.224 e. The van der Waals surface area contributed by atoms with Crippen LogP contribution in [-0.4, -0.2) is 11.4 Å². The molecule has 1 saturated carbocycles. The molecule has 2 aromatic carbocycles. The van der Waals surface area contributed by atoms with Crippen LogP contribution in [0.4, 0.5) is 0 Å². The minimum Gasteiger partial charge on any atom is -0.351 e. The second-order valence-corrected chi connectivity index (χ2v) is 8.21. The largest absolute Gasteiger partial charge is 0.351 e. The van der Waals surface area contributed by atoms with E-state index in [-0.39, 0.29) is 22.8 Å². The molecule has 1 aliphatic rings. The van der Waals surface area contributed by atoms with E-state index in [4.69, 9.17) is 0 Å². The summed E-state index contributed by atoms with van der Waals surface area (Å²) in [5, 5.41) is 3.17. The Kier molecular flexibility index (Phi) is 4.03. The normalized spacial score (nSPS) is 19.0. The molecule has 0 radical (unpaired) electrons. The Hall–Kier alpha value is -2.09. The van der Waals surface area contributed by atoms with Crippen LogP contribution in [0.25, 0.3) is 0 Å². The summed E-state index contributed by atoms with van der Waals surface area (Å²) in [6, 6.07) is 17.2. The second kappa shape index (κ2) is 5.77. The fourth-order valence-corrected chi connectivity index (χ4v) is 3.69. The zero-order valence-electron chi connectivity index (χ0n) is 15.3. The van der Waals surface area contributed by atoms with Gasteiger partial charge in [-0.2, -0.15) is 0 Å². The Balaban J connectivity index is 2.03. The van der Waals surface area contributed by atoms with E-state index >= 15 is 0 Å². The van der Waals surface area contributed by atoms with Crippen molar-refractivity contribution in [1.82, 2.24) is 5.32 Å². The van der Waals surface area contributed by atoms with Crippen molar-refractivity contribution < 1.29 is 4.79 Å². The first-order chi connectivity index (χ1) is 11.2. The van der Waals surface area contributed by atoms with Gasteiger partial charge in [0.15, 0.2) is 0 Å². The topological polar surface area (TPSA) is 29.1 Å². The lowest BCUT2D eigenvalue weighted by molar-refractivity contribution is -0.124. The summed E-state index contributed by atoms with van der Waals surface area (Å²) >= 11 is 0. The summed E-state index contributed by atoms with van der Waals surface area (Å²) in [6.45, 7) is 10.3. The molecule has 1 N–H and O–H groups in total. The van der Waals surface area contributed by atoms with Crippen LogP contribution >= 0.6 is 0 Å². The van der Waals surface area contributed by atoms with Gasteiger partial charge in [0, 0.05) is 11.0 Å². The van der Waals surface area contributed by atoms with E-state index in [0.29, 0.717) is 0 Å². The summed E-state index contributed by atoms with van der Waals surface area (Å²) < 4.78 is 0. The number of nitrogens with one attached hydrogen (secondary N) is 1. The van der Waals surface area contributed by atoms with Gasteiger partial charge in [-0.15, -0.1) is 0 Å². The van der Waals surface area contributed by atoms with E-state index in [2.05, 4.69) is 67.7 Å². The standard InChI is InChI=1S/C22H27NO/c1-15-8-6-10-17(12-15)22(18-11-7-9-16(2)13-18)14-19(22)20(24)23-21(3,4)5/h6-13,19H,14H2,1-5H3,(H,23,24)/t19-/m1/s1. The molecule has 0 heterocycles. The molecule has 0 bridgehead atoms. The zero-order chi connectivity index (χ0) is 17.5. The van der Waals surface area contributed by atoms with Crippen molar-refractivity contribution in [1.29, 1.82) is 0 Å². The van der Waals surface area contributed by atoms with Crippen molar-refractivity contribution in [2.75, 3.05) is 0 Å². The van der Waals surface area contributed by atoms with E-state index in [9.17, 15) is 4.79 Å². The predicted molar refractivity (Wildman–Crippen MR) is 99.1 cm³/mol. The van der Waals surface area contributed by atoms with E-state index in [1.807, 2.05) is 20.8 Å². The maximum atomic E-state index is 12.8. The molecule has 1 atom stereocenters. The minimum absolute atomic E-state index is 0.000301. The van der Waals surface area contributed by atoms with Gasteiger partial charge in [0.1, 0.15) is 0 Å². The van der Waals surface area contributed by atoms with E-state index in [1.165, 1.54) is 22.3 Å². The summed E-state index contributed by atoms with van der Waals surface area (Å²) in [7, 11) is 0. The van der Waals surface area contributed by atoms with Crippen LogP contribution in [0, 0.1) is 19.8 Å². The molecule has 2 aromatic rings.